The van der Waals surface area contributed by atoms with Gasteiger partial charge >= 0.3 is 0 Å². The first kappa shape index (κ1) is 12.9. The number of carbonyl (C=O) groups is 1. The zero-order chi connectivity index (χ0) is 12.0. The maximum absolute atomic E-state index is 11.4. The predicted octanol–water partition coefficient (Wildman–Crippen LogP) is 3.10. The van der Waals surface area contributed by atoms with Crippen LogP contribution in [0.3, 0.4) is 0 Å². The molecule has 0 bridgehead atoms. The highest BCUT2D eigenvalue weighted by molar-refractivity contribution is 5.83. The molecule has 0 N–H and O–H groups in total. The number of nitro groups is 1. The maximum Gasteiger partial charge on any atom is 0.243 e. The number of nitrogens with zero attached hydrogens (tertiary/aromatic N) is 1. The van der Waals surface area contributed by atoms with Crippen molar-refractivity contribution in [3.05, 3.63) is 21.9 Å². The van der Waals surface area contributed by atoms with Crippen molar-refractivity contribution in [1.29, 1.82) is 0 Å². The van der Waals surface area contributed by atoms with Crippen LogP contribution in [-0.4, -0.2) is 10.7 Å². The third-order valence-corrected chi connectivity index (χ3v) is 3.06. The highest BCUT2D eigenvalue weighted by atomic mass is 16.6. The molecule has 0 spiro atoms. The molecular formula is C12H19NO3. The van der Waals surface area contributed by atoms with Gasteiger partial charge in [0.2, 0.25) is 5.70 Å². The third-order valence-electron chi connectivity index (χ3n) is 3.06. The number of hydrogen-bond donors (Lipinski definition) is 0. The lowest BCUT2D eigenvalue weighted by Gasteiger charge is -2.05. The molecule has 1 fully saturated rings. The number of ketones is 1. The molecule has 1 unspecified atom stereocenters. The molecule has 1 rings (SSSR count). The molecular weight excluding hydrogens is 206 g/mol. The van der Waals surface area contributed by atoms with Crippen LogP contribution in [0.1, 0.15) is 51.9 Å². The van der Waals surface area contributed by atoms with Crippen LogP contribution in [0.15, 0.2) is 11.8 Å². The number of Topliss-reactive ketones (excluding diaryl/α,β-unsaturated/α-hetero) is 1. The van der Waals surface area contributed by atoms with Crippen molar-refractivity contribution in [1.82, 2.24) is 0 Å². The van der Waals surface area contributed by atoms with E-state index in [4.69, 9.17) is 0 Å². The van der Waals surface area contributed by atoms with Gasteiger partial charge in [0.15, 0.2) is 0 Å². The zero-order valence-electron chi connectivity index (χ0n) is 9.78. The molecule has 4 heteroatoms. The second-order valence-corrected chi connectivity index (χ2v) is 4.35. The lowest BCUT2D eigenvalue weighted by atomic mass is 10.00. The summed E-state index contributed by atoms with van der Waals surface area (Å²) in [5.41, 5.74) is 0.230. The van der Waals surface area contributed by atoms with Crippen LogP contribution in [0.4, 0.5) is 0 Å². The Hall–Kier alpha value is -1.19. The molecule has 0 amide bonds. The predicted molar refractivity (Wildman–Crippen MR) is 61.6 cm³/mol. The van der Waals surface area contributed by atoms with Crippen LogP contribution >= 0.6 is 0 Å². The summed E-state index contributed by atoms with van der Waals surface area (Å²) in [6, 6.07) is 0. The van der Waals surface area contributed by atoms with Gasteiger partial charge in [0, 0.05) is 18.8 Å². The summed E-state index contributed by atoms with van der Waals surface area (Å²) in [5.74, 6) is 0.0986. The molecule has 4 nitrogen and oxygen atoms in total. The average Bonchev–Trinajstić information content (AvgIpc) is 2.63. The Morgan fingerprint density at radius 2 is 2.38 bits per heavy atom. The number of allylic oxidation sites excluding steroid dienone is 2. The van der Waals surface area contributed by atoms with Gasteiger partial charge in [-0.1, -0.05) is 13.3 Å². The van der Waals surface area contributed by atoms with Gasteiger partial charge in [0.1, 0.15) is 5.78 Å². The van der Waals surface area contributed by atoms with Crippen molar-refractivity contribution in [2.24, 2.45) is 5.92 Å². The van der Waals surface area contributed by atoms with Gasteiger partial charge in [-0.2, -0.15) is 0 Å². The third kappa shape index (κ3) is 3.76. The minimum atomic E-state index is -0.332. The Balaban J connectivity index is 2.53. The molecule has 0 aromatic carbocycles. The van der Waals surface area contributed by atoms with Gasteiger partial charge in [0.25, 0.3) is 0 Å². The number of rotatable bonds is 6. The molecule has 1 atom stereocenters. The molecule has 1 aliphatic rings. The van der Waals surface area contributed by atoms with E-state index in [2.05, 4.69) is 6.92 Å². The molecule has 1 saturated carbocycles. The summed E-state index contributed by atoms with van der Waals surface area (Å²) in [5, 5.41) is 10.8. The average molecular weight is 225 g/mol. The molecule has 0 aromatic rings. The van der Waals surface area contributed by atoms with Crippen molar-refractivity contribution in [2.45, 2.75) is 51.9 Å². The number of hydrogen-bond acceptors (Lipinski definition) is 3. The van der Waals surface area contributed by atoms with E-state index >= 15 is 0 Å². The molecule has 0 saturated heterocycles. The molecule has 16 heavy (non-hydrogen) atoms. The van der Waals surface area contributed by atoms with Crippen LogP contribution in [-0.2, 0) is 4.79 Å². The molecule has 0 aromatic heterocycles. The van der Waals surface area contributed by atoms with Gasteiger partial charge in [-0.05, 0) is 31.8 Å². The first-order valence-electron chi connectivity index (χ1n) is 6.01. The molecule has 1 aliphatic carbocycles. The largest absolute Gasteiger partial charge is 0.299 e. The van der Waals surface area contributed by atoms with E-state index in [1.807, 2.05) is 0 Å². The summed E-state index contributed by atoms with van der Waals surface area (Å²) >= 11 is 0. The fraction of sp³-hybridized carbons (Fsp3) is 0.750. The lowest BCUT2D eigenvalue weighted by molar-refractivity contribution is -0.429. The van der Waals surface area contributed by atoms with Crippen molar-refractivity contribution in [3.63, 3.8) is 0 Å². The van der Waals surface area contributed by atoms with E-state index in [0.717, 1.165) is 32.1 Å². The summed E-state index contributed by atoms with van der Waals surface area (Å²) in [6.45, 7) is 2.06. The van der Waals surface area contributed by atoms with Crippen LogP contribution in [0.2, 0.25) is 0 Å². The minimum Gasteiger partial charge on any atom is -0.299 e. The fourth-order valence-corrected chi connectivity index (χ4v) is 2.06. The van der Waals surface area contributed by atoms with Crippen LogP contribution in [0.5, 0.6) is 0 Å². The Labute approximate surface area is 95.9 Å². The van der Waals surface area contributed by atoms with E-state index in [9.17, 15) is 14.9 Å². The van der Waals surface area contributed by atoms with Crippen molar-refractivity contribution in [3.8, 4) is 0 Å². The smallest absolute Gasteiger partial charge is 0.243 e. The quantitative estimate of drug-likeness (QED) is 0.396. The normalized spacial score (nSPS) is 21.4. The Morgan fingerprint density at radius 1 is 1.62 bits per heavy atom. The number of unbranched alkanes of at least 4 members (excludes halogenated alkanes) is 2. The summed E-state index contributed by atoms with van der Waals surface area (Å²) < 4.78 is 0. The first-order chi connectivity index (χ1) is 7.65. The van der Waals surface area contributed by atoms with Crippen LogP contribution < -0.4 is 0 Å². The maximum atomic E-state index is 11.4. The highest BCUT2D eigenvalue weighted by Crippen LogP contribution is 2.27. The fourth-order valence-electron chi connectivity index (χ4n) is 2.06. The lowest BCUT2D eigenvalue weighted by Crippen LogP contribution is -2.11. The van der Waals surface area contributed by atoms with Gasteiger partial charge in [0.05, 0.1) is 4.92 Å². The first-order valence-corrected chi connectivity index (χ1v) is 6.01. The van der Waals surface area contributed by atoms with E-state index in [-0.39, 0.29) is 22.3 Å². The second kappa shape index (κ2) is 6.40. The van der Waals surface area contributed by atoms with E-state index in [0.29, 0.717) is 12.8 Å². The Kier molecular flexibility index (Phi) is 5.15. The van der Waals surface area contributed by atoms with Crippen molar-refractivity contribution >= 4 is 5.78 Å². The minimum absolute atomic E-state index is 0.0988. The standard InChI is InChI=1S/C12H19NO3/c1-2-3-4-7-11(13(15)16)9-10-6-5-8-12(10)14/h7,10H,2-6,8-9H2,1H3/b11-7-. The SMILES string of the molecule is CCCC/C=C(/CC1CCCC1=O)[N+](=O)[O-]. The van der Waals surface area contributed by atoms with Gasteiger partial charge < -0.3 is 0 Å². The van der Waals surface area contributed by atoms with Crippen LogP contribution in [0, 0.1) is 16.0 Å². The monoisotopic (exact) mass is 225 g/mol. The highest BCUT2D eigenvalue weighted by Gasteiger charge is 2.28. The summed E-state index contributed by atoms with van der Waals surface area (Å²) in [4.78, 5) is 21.9. The topological polar surface area (TPSA) is 60.2 Å². The molecule has 0 aliphatic heterocycles. The molecule has 90 valence electrons. The van der Waals surface area contributed by atoms with E-state index in [1.165, 1.54) is 0 Å². The molecule has 0 heterocycles. The zero-order valence-corrected chi connectivity index (χ0v) is 9.78. The number of carbonyl (C=O) groups excluding carboxylic acids is 1. The van der Waals surface area contributed by atoms with Gasteiger partial charge in [-0.15, -0.1) is 0 Å². The van der Waals surface area contributed by atoms with E-state index in [1.54, 1.807) is 6.08 Å². The van der Waals surface area contributed by atoms with Gasteiger partial charge in [-0.25, -0.2) is 0 Å². The summed E-state index contributed by atoms with van der Waals surface area (Å²) in [6.07, 6.45) is 7.07. The van der Waals surface area contributed by atoms with Crippen molar-refractivity contribution in [2.75, 3.05) is 0 Å². The molecule has 0 radical (unpaired) electrons. The van der Waals surface area contributed by atoms with Gasteiger partial charge in [-0.3, -0.25) is 14.9 Å². The van der Waals surface area contributed by atoms with E-state index < -0.39 is 0 Å². The van der Waals surface area contributed by atoms with Crippen LogP contribution in [0.25, 0.3) is 0 Å². The summed E-state index contributed by atoms with van der Waals surface area (Å²) in [7, 11) is 0. The van der Waals surface area contributed by atoms with Crippen molar-refractivity contribution < 1.29 is 9.72 Å². The second-order valence-electron chi connectivity index (χ2n) is 4.35. The Bertz CT molecular complexity index is 297. The Morgan fingerprint density at radius 3 is 2.88 bits per heavy atom.